The predicted molar refractivity (Wildman–Crippen MR) is 75.7 cm³/mol. The second-order valence-electron chi connectivity index (χ2n) is 4.16. The van der Waals surface area contributed by atoms with E-state index >= 15 is 0 Å². The van der Waals surface area contributed by atoms with Gasteiger partial charge in [-0.1, -0.05) is 35.9 Å². The summed E-state index contributed by atoms with van der Waals surface area (Å²) in [5, 5.41) is 0.658. The smallest absolute Gasteiger partial charge is 0.0822 e. The fraction of sp³-hybridized carbons (Fsp3) is 0.214. The molecule has 0 amide bonds. The summed E-state index contributed by atoms with van der Waals surface area (Å²) in [6, 6.07) is 10.1. The minimum Gasteiger partial charge on any atom is -0.369 e. The molecule has 0 saturated heterocycles. The number of benzene rings is 1. The molecule has 0 atom stereocenters. The van der Waals surface area contributed by atoms with E-state index in [0.29, 0.717) is 11.6 Å². The number of hydrogen-bond acceptors (Lipinski definition) is 3. The van der Waals surface area contributed by atoms with Gasteiger partial charge in [0, 0.05) is 32.5 Å². The lowest BCUT2D eigenvalue weighted by molar-refractivity contribution is 0.893. The molecule has 0 aliphatic carbocycles. The van der Waals surface area contributed by atoms with Gasteiger partial charge in [0.15, 0.2) is 0 Å². The molecule has 1 aromatic heterocycles. The first kappa shape index (κ1) is 12.9. The van der Waals surface area contributed by atoms with Crippen molar-refractivity contribution in [2.24, 2.45) is 5.73 Å². The van der Waals surface area contributed by atoms with E-state index in [0.717, 1.165) is 17.8 Å². The first-order chi connectivity index (χ1) is 8.72. The molecule has 4 heteroatoms. The van der Waals surface area contributed by atoms with Crippen molar-refractivity contribution in [2.75, 3.05) is 11.9 Å². The average molecular weight is 262 g/mol. The normalized spacial score (nSPS) is 10.4. The van der Waals surface area contributed by atoms with Gasteiger partial charge in [0.1, 0.15) is 0 Å². The van der Waals surface area contributed by atoms with E-state index in [2.05, 4.69) is 22.0 Å². The summed E-state index contributed by atoms with van der Waals surface area (Å²) in [4.78, 5) is 6.09. The van der Waals surface area contributed by atoms with Gasteiger partial charge in [0.25, 0.3) is 0 Å². The molecule has 0 bridgehead atoms. The molecule has 0 aliphatic heterocycles. The minimum absolute atomic E-state index is 0.550. The van der Waals surface area contributed by atoms with E-state index in [1.54, 1.807) is 12.4 Å². The van der Waals surface area contributed by atoms with Gasteiger partial charge in [-0.3, -0.25) is 4.98 Å². The average Bonchev–Trinajstić information content (AvgIpc) is 2.39. The monoisotopic (exact) mass is 261 g/mol. The van der Waals surface area contributed by atoms with Gasteiger partial charge >= 0.3 is 0 Å². The van der Waals surface area contributed by atoms with Crippen LogP contribution in [0.5, 0.6) is 0 Å². The highest BCUT2D eigenvalue weighted by Crippen LogP contribution is 2.24. The van der Waals surface area contributed by atoms with Crippen molar-refractivity contribution in [3.63, 3.8) is 0 Å². The lowest BCUT2D eigenvalue weighted by atomic mass is 10.1. The highest BCUT2D eigenvalue weighted by atomic mass is 35.5. The van der Waals surface area contributed by atoms with Crippen LogP contribution in [0, 0.1) is 0 Å². The van der Waals surface area contributed by atoms with Crippen LogP contribution in [0.15, 0.2) is 42.7 Å². The van der Waals surface area contributed by atoms with Crippen LogP contribution in [0.3, 0.4) is 0 Å². The molecule has 0 unspecified atom stereocenters. The molecule has 0 radical (unpaired) electrons. The quantitative estimate of drug-likeness (QED) is 0.920. The van der Waals surface area contributed by atoms with Crippen molar-refractivity contribution in [2.45, 2.75) is 13.1 Å². The lowest BCUT2D eigenvalue weighted by Crippen LogP contribution is -2.18. The van der Waals surface area contributed by atoms with E-state index in [1.165, 1.54) is 5.56 Å². The van der Waals surface area contributed by atoms with Crippen molar-refractivity contribution in [3.05, 3.63) is 58.9 Å². The van der Waals surface area contributed by atoms with Crippen LogP contribution in [-0.4, -0.2) is 12.0 Å². The highest BCUT2D eigenvalue weighted by molar-refractivity contribution is 6.33. The summed E-state index contributed by atoms with van der Waals surface area (Å²) < 4.78 is 0. The molecule has 1 aromatic carbocycles. The lowest BCUT2D eigenvalue weighted by Gasteiger charge is -2.21. The molecule has 1 heterocycles. The molecule has 0 saturated carbocycles. The van der Waals surface area contributed by atoms with Gasteiger partial charge in [-0.25, -0.2) is 0 Å². The Labute approximate surface area is 112 Å². The van der Waals surface area contributed by atoms with Crippen molar-refractivity contribution < 1.29 is 0 Å². The third-order valence-corrected chi connectivity index (χ3v) is 3.20. The molecule has 2 aromatic rings. The Kier molecular flexibility index (Phi) is 4.18. The highest BCUT2D eigenvalue weighted by Gasteiger charge is 2.08. The van der Waals surface area contributed by atoms with Crippen LogP contribution in [0.25, 0.3) is 0 Å². The number of nitrogens with zero attached hydrogens (tertiary/aromatic N) is 2. The summed E-state index contributed by atoms with van der Waals surface area (Å²) in [7, 11) is 2.01. The van der Waals surface area contributed by atoms with E-state index in [9.17, 15) is 0 Å². The Morgan fingerprint density at radius 1 is 1.22 bits per heavy atom. The summed E-state index contributed by atoms with van der Waals surface area (Å²) >= 11 is 6.13. The molecule has 2 rings (SSSR count). The second-order valence-corrected chi connectivity index (χ2v) is 4.56. The summed E-state index contributed by atoms with van der Waals surface area (Å²) in [6.45, 7) is 1.32. The van der Waals surface area contributed by atoms with Gasteiger partial charge in [-0.15, -0.1) is 0 Å². The van der Waals surface area contributed by atoms with Crippen LogP contribution >= 0.6 is 11.6 Å². The van der Waals surface area contributed by atoms with Crippen molar-refractivity contribution in [3.8, 4) is 0 Å². The van der Waals surface area contributed by atoms with Crippen molar-refractivity contribution >= 4 is 17.3 Å². The minimum atomic E-state index is 0.550. The molecule has 0 aliphatic rings. The zero-order valence-corrected chi connectivity index (χ0v) is 11.1. The van der Waals surface area contributed by atoms with Crippen LogP contribution < -0.4 is 10.6 Å². The fourth-order valence-corrected chi connectivity index (χ4v) is 2.19. The molecule has 94 valence electrons. The molecule has 3 nitrogen and oxygen atoms in total. The van der Waals surface area contributed by atoms with Crippen LogP contribution in [-0.2, 0) is 13.1 Å². The van der Waals surface area contributed by atoms with Crippen LogP contribution in [0.2, 0.25) is 5.02 Å². The number of hydrogen-bond donors (Lipinski definition) is 1. The number of rotatable bonds is 4. The topological polar surface area (TPSA) is 42.1 Å². The van der Waals surface area contributed by atoms with Crippen LogP contribution in [0.1, 0.15) is 11.1 Å². The SMILES string of the molecule is CN(Cc1ccccc1CN)c1ccncc1Cl. The standard InChI is InChI=1S/C14H16ClN3/c1-18(14-6-7-17-9-13(14)15)10-12-5-3-2-4-11(12)8-16/h2-7,9H,8,10,16H2,1H3. The van der Waals surface area contributed by atoms with Gasteiger partial charge in [0.2, 0.25) is 0 Å². The molecule has 0 spiro atoms. The fourth-order valence-electron chi connectivity index (χ4n) is 1.93. The van der Waals surface area contributed by atoms with E-state index < -0.39 is 0 Å². The maximum absolute atomic E-state index is 6.13. The molecule has 2 N–H and O–H groups in total. The first-order valence-electron chi connectivity index (χ1n) is 5.80. The van der Waals surface area contributed by atoms with Gasteiger partial charge in [-0.2, -0.15) is 0 Å². The summed E-state index contributed by atoms with van der Waals surface area (Å²) in [5.74, 6) is 0. The van der Waals surface area contributed by atoms with Gasteiger partial charge < -0.3 is 10.6 Å². The molecular formula is C14H16ClN3. The Bertz CT molecular complexity index is 528. The van der Waals surface area contributed by atoms with E-state index in [-0.39, 0.29) is 0 Å². The number of pyridine rings is 1. The zero-order valence-electron chi connectivity index (χ0n) is 10.3. The molecule has 18 heavy (non-hydrogen) atoms. The van der Waals surface area contributed by atoms with E-state index in [4.69, 9.17) is 17.3 Å². The maximum Gasteiger partial charge on any atom is 0.0822 e. The Morgan fingerprint density at radius 3 is 2.61 bits per heavy atom. The summed E-state index contributed by atoms with van der Waals surface area (Å²) in [6.07, 6.45) is 3.40. The molecule has 0 fully saturated rings. The van der Waals surface area contributed by atoms with Gasteiger partial charge in [-0.05, 0) is 17.2 Å². The number of aromatic nitrogens is 1. The second kappa shape index (κ2) is 5.85. The van der Waals surface area contributed by atoms with E-state index in [1.807, 2.05) is 25.2 Å². The largest absolute Gasteiger partial charge is 0.369 e. The number of anilines is 1. The Hall–Kier alpha value is -1.58. The maximum atomic E-state index is 6.13. The summed E-state index contributed by atoms with van der Waals surface area (Å²) in [5.41, 5.74) is 9.09. The zero-order chi connectivity index (χ0) is 13.0. The van der Waals surface area contributed by atoms with Gasteiger partial charge in [0.05, 0.1) is 10.7 Å². The molecular weight excluding hydrogens is 246 g/mol. The Morgan fingerprint density at radius 2 is 1.94 bits per heavy atom. The Balaban J connectivity index is 2.21. The van der Waals surface area contributed by atoms with Crippen molar-refractivity contribution in [1.82, 2.24) is 4.98 Å². The van der Waals surface area contributed by atoms with Crippen molar-refractivity contribution in [1.29, 1.82) is 0 Å². The van der Waals surface area contributed by atoms with Crippen LogP contribution in [0.4, 0.5) is 5.69 Å². The first-order valence-corrected chi connectivity index (χ1v) is 6.17. The number of nitrogens with two attached hydrogens (primary N) is 1. The third-order valence-electron chi connectivity index (χ3n) is 2.91. The third kappa shape index (κ3) is 2.81. The predicted octanol–water partition coefficient (Wildman–Crippen LogP) is 2.83. The number of halogens is 1.